The number of carbonyl (C=O) groups excluding carboxylic acids is 2. The van der Waals surface area contributed by atoms with Crippen LogP contribution in [0.3, 0.4) is 0 Å². The van der Waals surface area contributed by atoms with E-state index in [1.165, 1.54) is 29.3 Å². The van der Waals surface area contributed by atoms with Crippen molar-refractivity contribution < 1.29 is 37.1 Å². The van der Waals surface area contributed by atoms with Crippen LogP contribution in [0, 0.1) is 5.92 Å². The van der Waals surface area contributed by atoms with Gasteiger partial charge in [-0.15, -0.1) is 13.2 Å². The Morgan fingerprint density at radius 3 is 2.22 bits per heavy atom. The molecule has 3 aromatic carbocycles. The number of halogens is 3. The topological polar surface area (TPSA) is 68.3 Å². The van der Waals surface area contributed by atoms with Gasteiger partial charge in [0.15, 0.2) is 6.10 Å². The molecule has 0 spiro atoms. The highest BCUT2D eigenvalue weighted by molar-refractivity contribution is 6.24. The molecule has 5 rings (SSSR count). The first kappa shape index (κ1) is 23.7. The summed E-state index contributed by atoms with van der Waals surface area (Å²) in [6, 6.07) is 20.0. The number of imide groups is 1. The van der Waals surface area contributed by atoms with Crippen LogP contribution in [0.5, 0.6) is 11.5 Å². The number of benzene rings is 3. The summed E-state index contributed by atoms with van der Waals surface area (Å²) in [5, 5.41) is 1.47. The van der Waals surface area contributed by atoms with Gasteiger partial charge in [0, 0.05) is 0 Å². The van der Waals surface area contributed by atoms with E-state index in [1.807, 2.05) is 0 Å². The molecule has 2 amide bonds. The summed E-state index contributed by atoms with van der Waals surface area (Å²) in [5.74, 6) is -1.99. The molecule has 7 nitrogen and oxygen atoms in total. The summed E-state index contributed by atoms with van der Waals surface area (Å²) >= 11 is 0. The van der Waals surface area contributed by atoms with Crippen molar-refractivity contribution in [2.75, 3.05) is 16.6 Å². The minimum Gasteiger partial charge on any atom is -0.492 e. The Morgan fingerprint density at radius 2 is 1.56 bits per heavy atom. The third kappa shape index (κ3) is 4.24. The maximum Gasteiger partial charge on any atom is 0.573 e. The Bertz CT molecular complexity index is 1270. The third-order valence-electron chi connectivity index (χ3n) is 5.99. The van der Waals surface area contributed by atoms with Crippen LogP contribution < -0.4 is 19.4 Å². The number of anilines is 2. The van der Waals surface area contributed by atoms with E-state index in [4.69, 9.17) is 9.57 Å². The van der Waals surface area contributed by atoms with Crippen molar-refractivity contribution in [3.05, 3.63) is 84.4 Å². The number of fused-ring (bicyclic) bond motifs is 1. The van der Waals surface area contributed by atoms with Gasteiger partial charge in [0.05, 0.1) is 24.0 Å². The first-order valence-corrected chi connectivity index (χ1v) is 11.2. The van der Waals surface area contributed by atoms with Gasteiger partial charge >= 0.3 is 6.36 Å². The predicted molar refractivity (Wildman–Crippen MR) is 123 cm³/mol. The van der Waals surface area contributed by atoms with E-state index >= 15 is 0 Å². The molecule has 0 aliphatic carbocycles. The minimum absolute atomic E-state index is 0.311. The van der Waals surface area contributed by atoms with Crippen LogP contribution in [0.1, 0.15) is 18.5 Å². The molecule has 2 aliphatic rings. The second-order valence-corrected chi connectivity index (χ2v) is 8.19. The molecule has 10 heteroatoms. The van der Waals surface area contributed by atoms with Crippen LogP contribution in [0.25, 0.3) is 0 Å². The summed E-state index contributed by atoms with van der Waals surface area (Å²) in [7, 11) is 0. The summed E-state index contributed by atoms with van der Waals surface area (Å²) < 4.78 is 47.5. The number of alkyl halides is 3. The molecule has 2 fully saturated rings. The van der Waals surface area contributed by atoms with Crippen molar-refractivity contribution >= 4 is 23.2 Å². The molecular weight excluding hydrogens is 477 g/mol. The quantitative estimate of drug-likeness (QED) is 0.444. The van der Waals surface area contributed by atoms with E-state index in [0.717, 1.165) is 4.90 Å². The third-order valence-corrected chi connectivity index (χ3v) is 5.99. The molecule has 0 N–H and O–H groups in total. The van der Waals surface area contributed by atoms with E-state index < -0.39 is 42.0 Å². The first-order valence-electron chi connectivity index (χ1n) is 11.2. The van der Waals surface area contributed by atoms with Crippen LogP contribution in [-0.4, -0.2) is 30.9 Å². The fourth-order valence-electron chi connectivity index (χ4n) is 4.58. The SMILES string of the molecule is CCOc1ccccc1N1C(=O)[C@@H]2[C@@H](c3ccc(OC(F)(F)F)cc3)N(c3ccccc3)O[C@H]2C1=O. The highest BCUT2D eigenvalue weighted by atomic mass is 19.4. The lowest BCUT2D eigenvalue weighted by molar-refractivity contribution is -0.274. The van der Waals surface area contributed by atoms with E-state index in [1.54, 1.807) is 61.5 Å². The molecular formula is C26H21F3N2O5. The van der Waals surface area contributed by atoms with Crippen molar-refractivity contribution in [3.8, 4) is 11.5 Å². The molecule has 2 saturated heterocycles. The van der Waals surface area contributed by atoms with E-state index in [9.17, 15) is 22.8 Å². The van der Waals surface area contributed by atoms with Gasteiger partial charge in [0.2, 0.25) is 5.91 Å². The molecule has 2 heterocycles. The molecule has 0 bridgehead atoms. The smallest absolute Gasteiger partial charge is 0.492 e. The maximum absolute atomic E-state index is 13.7. The Labute approximate surface area is 204 Å². The van der Waals surface area contributed by atoms with E-state index in [2.05, 4.69) is 4.74 Å². The Morgan fingerprint density at radius 1 is 0.889 bits per heavy atom. The fourth-order valence-corrected chi connectivity index (χ4v) is 4.58. The van der Waals surface area contributed by atoms with Gasteiger partial charge in [0.1, 0.15) is 17.4 Å². The highest BCUT2D eigenvalue weighted by Crippen LogP contribution is 2.48. The minimum atomic E-state index is -4.83. The lowest BCUT2D eigenvalue weighted by atomic mass is 9.90. The van der Waals surface area contributed by atoms with Gasteiger partial charge in [0.25, 0.3) is 5.91 Å². The number of amides is 2. The lowest BCUT2D eigenvalue weighted by Crippen LogP contribution is -2.37. The van der Waals surface area contributed by atoms with Gasteiger partial charge < -0.3 is 9.47 Å². The van der Waals surface area contributed by atoms with Crippen LogP contribution in [0.2, 0.25) is 0 Å². The zero-order valence-corrected chi connectivity index (χ0v) is 19.0. The van der Waals surface area contributed by atoms with Crippen LogP contribution in [0.15, 0.2) is 78.9 Å². The number of hydroxylamine groups is 1. The molecule has 0 unspecified atom stereocenters. The average molecular weight is 498 g/mol. The summed E-state index contributed by atoms with van der Waals surface area (Å²) in [4.78, 5) is 34.3. The number of hydrogen-bond donors (Lipinski definition) is 0. The van der Waals surface area contributed by atoms with Crippen molar-refractivity contribution in [3.63, 3.8) is 0 Å². The predicted octanol–water partition coefficient (Wildman–Crippen LogP) is 5.04. The molecule has 3 atom stereocenters. The van der Waals surface area contributed by atoms with Gasteiger partial charge in [-0.05, 0) is 48.9 Å². The van der Waals surface area contributed by atoms with Gasteiger partial charge in [-0.25, -0.2) is 9.96 Å². The molecule has 186 valence electrons. The summed E-state index contributed by atoms with van der Waals surface area (Å²) in [6.45, 7) is 2.13. The molecule has 2 aliphatic heterocycles. The van der Waals surface area contributed by atoms with Crippen molar-refractivity contribution in [2.45, 2.75) is 25.4 Å². The second-order valence-electron chi connectivity index (χ2n) is 8.19. The second kappa shape index (κ2) is 9.19. The number of carbonyl (C=O) groups is 2. The largest absolute Gasteiger partial charge is 0.573 e. The molecule has 36 heavy (non-hydrogen) atoms. The number of hydrogen-bond acceptors (Lipinski definition) is 6. The normalized spacial score (nSPS) is 21.6. The highest BCUT2D eigenvalue weighted by Gasteiger charge is 2.60. The Balaban J connectivity index is 1.54. The Hall–Kier alpha value is -4.05. The Kier molecular flexibility index (Phi) is 6.05. The zero-order chi connectivity index (χ0) is 25.4. The van der Waals surface area contributed by atoms with Gasteiger partial charge in [-0.1, -0.05) is 42.5 Å². The van der Waals surface area contributed by atoms with E-state index in [-0.39, 0.29) is 0 Å². The first-order chi connectivity index (χ1) is 17.3. The maximum atomic E-state index is 13.7. The van der Waals surface area contributed by atoms with E-state index in [0.29, 0.717) is 29.3 Å². The van der Waals surface area contributed by atoms with Crippen molar-refractivity contribution in [1.29, 1.82) is 0 Å². The molecule has 0 saturated carbocycles. The van der Waals surface area contributed by atoms with Gasteiger partial charge in [-0.2, -0.15) is 0 Å². The number of ether oxygens (including phenoxy) is 2. The van der Waals surface area contributed by atoms with Crippen LogP contribution in [-0.2, 0) is 14.4 Å². The summed E-state index contributed by atoms with van der Waals surface area (Å²) in [5.41, 5.74) is 1.39. The number of para-hydroxylation sites is 3. The number of rotatable bonds is 6. The van der Waals surface area contributed by atoms with Crippen molar-refractivity contribution in [2.24, 2.45) is 5.92 Å². The van der Waals surface area contributed by atoms with Crippen molar-refractivity contribution in [1.82, 2.24) is 0 Å². The van der Waals surface area contributed by atoms with Gasteiger partial charge in [-0.3, -0.25) is 14.4 Å². The van der Waals surface area contributed by atoms with Crippen LogP contribution in [0.4, 0.5) is 24.5 Å². The standard InChI is InChI=1S/C26H21F3N2O5/c1-2-34-20-11-7-6-10-19(20)30-24(32)21-22(16-12-14-18(15-13-16)35-26(27,28)29)31(36-23(21)25(30)33)17-8-4-3-5-9-17/h3-15,21-23H,2H2,1H3/t21-,22-,23-/m1/s1. The van der Waals surface area contributed by atoms with Crippen LogP contribution >= 0.6 is 0 Å². The molecule has 0 aromatic heterocycles. The lowest BCUT2D eigenvalue weighted by Gasteiger charge is -2.29. The average Bonchev–Trinajstić information content (AvgIpc) is 3.36. The fraction of sp³-hybridized carbons (Fsp3) is 0.231. The zero-order valence-electron chi connectivity index (χ0n) is 19.0. The molecule has 0 radical (unpaired) electrons. The number of nitrogens with zero attached hydrogens (tertiary/aromatic N) is 2. The monoisotopic (exact) mass is 498 g/mol. The summed E-state index contributed by atoms with van der Waals surface area (Å²) in [6.07, 6.45) is -5.95. The molecule has 3 aromatic rings.